The molecule has 276 valence electrons. The zero-order valence-corrected chi connectivity index (χ0v) is 30.4. The lowest BCUT2D eigenvalue weighted by Gasteiger charge is -2.36. The van der Waals surface area contributed by atoms with Crippen molar-refractivity contribution in [1.82, 2.24) is 14.9 Å². The van der Waals surface area contributed by atoms with Gasteiger partial charge in [-0.05, 0) is 105 Å². The van der Waals surface area contributed by atoms with Gasteiger partial charge in [0.1, 0.15) is 11.4 Å². The van der Waals surface area contributed by atoms with E-state index in [-0.39, 0.29) is 43.0 Å². The van der Waals surface area contributed by atoms with E-state index in [1.165, 1.54) is 41.3 Å². The Labute approximate surface area is 303 Å². The number of sulfonamides is 1. The average molecular weight is 734 g/mol. The van der Waals surface area contributed by atoms with Crippen molar-refractivity contribution in [3.63, 3.8) is 0 Å². The average Bonchev–Trinajstić information content (AvgIpc) is 3.63. The fourth-order valence-electron chi connectivity index (χ4n) is 6.73. The fourth-order valence-corrected chi connectivity index (χ4v) is 7.95. The lowest BCUT2D eigenvalue weighted by Crippen LogP contribution is -2.58. The minimum absolute atomic E-state index is 0.0296. The number of nitrogens with zero attached hydrogens (tertiary/aromatic N) is 1. The second-order valence-electron chi connectivity index (χ2n) is 14.6. The smallest absolute Gasteiger partial charge is 0.407 e. The first-order chi connectivity index (χ1) is 24.7. The van der Waals surface area contributed by atoms with Gasteiger partial charge in [0.25, 0.3) is 5.92 Å². The van der Waals surface area contributed by atoms with Crippen molar-refractivity contribution in [2.24, 2.45) is 0 Å². The molecular weight excluding hydrogens is 689 g/mol. The lowest BCUT2D eigenvalue weighted by molar-refractivity contribution is -0.145. The van der Waals surface area contributed by atoms with Crippen LogP contribution < -0.4 is 14.8 Å². The van der Waals surface area contributed by atoms with Crippen LogP contribution in [0, 0.1) is 0 Å². The second-order valence-corrected chi connectivity index (χ2v) is 16.3. The highest BCUT2D eigenvalue weighted by molar-refractivity contribution is 7.89. The molecule has 1 saturated heterocycles. The van der Waals surface area contributed by atoms with Crippen LogP contribution in [0.2, 0.25) is 0 Å². The highest BCUT2D eigenvalue weighted by atomic mass is 32.2. The summed E-state index contributed by atoms with van der Waals surface area (Å²) in [4.78, 5) is 27.3. The first-order valence-corrected chi connectivity index (χ1v) is 19.2. The number of halogens is 2. The number of hydrogen-bond donors (Lipinski definition) is 2. The molecule has 1 saturated carbocycles. The van der Waals surface area contributed by atoms with Gasteiger partial charge in [-0.2, -0.15) is 13.5 Å². The number of benzene rings is 4. The van der Waals surface area contributed by atoms with Crippen LogP contribution in [0.1, 0.15) is 64.9 Å². The molecule has 2 aliphatic rings. The number of carbonyl (C=O) groups is 2. The summed E-state index contributed by atoms with van der Waals surface area (Å²) in [7, 11) is -4.63. The molecule has 4 aromatic carbocycles. The van der Waals surface area contributed by atoms with Crippen LogP contribution in [-0.4, -0.2) is 62.2 Å². The summed E-state index contributed by atoms with van der Waals surface area (Å²) >= 11 is 0. The van der Waals surface area contributed by atoms with E-state index in [1.54, 1.807) is 39.0 Å². The van der Waals surface area contributed by atoms with E-state index in [9.17, 15) is 18.0 Å². The van der Waals surface area contributed by atoms with Crippen LogP contribution in [0.4, 0.5) is 13.6 Å². The zero-order chi connectivity index (χ0) is 37.1. The number of carbonyl (C=O) groups excluding carboxylic acids is 2. The number of amides is 2. The van der Waals surface area contributed by atoms with Gasteiger partial charge in [0.05, 0.1) is 11.0 Å². The van der Waals surface area contributed by atoms with E-state index in [4.69, 9.17) is 9.47 Å². The molecule has 1 aliphatic heterocycles. The van der Waals surface area contributed by atoms with Crippen LogP contribution in [0.3, 0.4) is 0 Å². The first-order valence-electron chi connectivity index (χ1n) is 17.7. The number of nitrogens with one attached hydrogen (secondary N) is 2. The van der Waals surface area contributed by atoms with E-state index >= 15 is 8.78 Å². The molecule has 0 spiro atoms. The van der Waals surface area contributed by atoms with Crippen LogP contribution in [0.25, 0.3) is 21.9 Å². The Kier molecular flexibility index (Phi) is 10.9. The molecule has 1 atom stereocenters. The predicted octanol–water partition coefficient (Wildman–Crippen LogP) is 7.78. The Bertz CT molecular complexity index is 1990. The van der Waals surface area contributed by atoms with Gasteiger partial charge in [-0.15, -0.1) is 0 Å². The van der Waals surface area contributed by atoms with E-state index in [0.29, 0.717) is 16.7 Å². The van der Waals surface area contributed by atoms with Gasteiger partial charge in [-0.25, -0.2) is 13.2 Å². The molecule has 52 heavy (non-hydrogen) atoms. The quantitative estimate of drug-likeness (QED) is 0.172. The Morgan fingerprint density at radius 2 is 1.42 bits per heavy atom. The van der Waals surface area contributed by atoms with Crippen LogP contribution in [0.5, 0.6) is 5.75 Å². The minimum atomic E-state index is -4.63. The van der Waals surface area contributed by atoms with Gasteiger partial charge in [0.15, 0.2) is 6.04 Å². The largest absolute Gasteiger partial charge is 0.490 e. The molecule has 2 fully saturated rings. The van der Waals surface area contributed by atoms with Gasteiger partial charge in [-0.1, -0.05) is 66.7 Å². The summed E-state index contributed by atoms with van der Waals surface area (Å²) in [5.41, 5.74) is 0.300. The maximum absolute atomic E-state index is 16.6. The van der Waals surface area contributed by atoms with Crippen molar-refractivity contribution >= 4 is 32.8 Å². The summed E-state index contributed by atoms with van der Waals surface area (Å²) in [5, 5.41) is 4.07. The third-order valence-corrected chi connectivity index (χ3v) is 10.9. The van der Waals surface area contributed by atoms with Gasteiger partial charge < -0.3 is 19.7 Å². The van der Waals surface area contributed by atoms with Gasteiger partial charge in [-0.3, -0.25) is 4.79 Å². The van der Waals surface area contributed by atoms with Crippen LogP contribution in [-0.2, 0) is 25.5 Å². The standard InChI is InChI=1S/C40H45F2N3O6S/c1-39(2,3)51-38(47)43-32-21-23-45(24-22-32)37(46)36(40(41,42)31-17-13-28(14-18-31)27-9-5-4-6-10-27)44-52(48,49)35-20-16-29-25-34(19-15-30(29)26-35)50-33-11-7-8-12-33/h4-6,9-10,13-20,25-26,32-33,36,44H,7-8,11-12,21-24H2,1-3H3,(H,43,47). The maximum atomic E-state index is 16.6. The second kappa shape index (κ2) is 15.2. The van der Waals surface area contributed by atoms with Crippen molar-refractivity contribution in [1.29, 1.82) is 0 Å². The molecule has 4 aromatic rings. The molecule has 2 N–H and O–H groups in total. The number of likely N-dealkylation sites (tertiary alicyclic amines) is 1. The molecule has 0 aromatic heterocycles. The van der Waals surface area contributed by atoms with Gasteiger partial charge >= 0.3 is 6.09 Å². The fraction of sp³-hybridized carbons (Fsp3) is 0.400. The number of rotatable bonds is 10. The summed E-state index contributed by atoms with van der Waals surface area (Å²) in [5.74, 6) is -4.32. The van der Waals surface area contributed by atoms with Crippen molar-refractivity contribution in [2.45, 2.75) is 93.9 Å². The molecule has 1 heterocycles. The van der Waals surface area contributed by atoms with E-state index in [0.717, 1.165) is 36.6 Å². The maximum Gasteiger partial charge on any atom is 0.407 e. The number of piperidine rings is 1. The van der Waals surface area contributed by atoms with Crippen molar-refractivity contribution in [3.8, 4) is 16.9 Å². The summed E-state index contributed by atoms with van der Waals surface area (Å²) in [6, 6.07) is 21.6. The Morgan fingerprint density at radius 3 is 2.08 bits per heavy atom. The van der Waals surface area contributed by atoms with E-state index in [2.05, 4.69) is 10.0 Å². The topological polar surface area (TPSA) is 114 Å². The predicted molar refractivity (Wildman–Crippen MR) is 196 cm³/mol. The monoisotopic (exact) mass is 733 g/mol. The van der Waals surface area contributed by atoms with E-state index < -0.39 is 45.2 Å². The van der Waals surface area contributed by atoms with Crippen molar-refractivity contribution < 1.29 is 36.3 Å². The molecule has 6 rings (SSSR count). The third kappa shape index (κ3) is 8.90. The van der Waals surface area contributed by atoms with Crippen molar-refractivity contribution in [2.75, 3.05) is 13.1 Å². The molecule has 12 heteroatoms. The minimum Gasteiger partial charge on any atom is -0.490 e. The SMILES string of the molecule is CC(C)(C)OC(=O)NC1CCN(C(=O)C(NS(=O)(=O)c2ccc3cc(OC4CCCC4)ccc3c2)C(F)(F)c2ccc(-c3ccccc3)cc2)CC1. The summed E-state index contributed by atoms with van der Waals surface area (Å²) < 4.78 is 74.5. The first kappa shape index (κ1) is 37.2. The molecule has 0 radical (unpaired) electrons. The summed E-state index contributed by atoms with van der Waals surface area (Å²) in [6.45, 7) is 5.28. The number of hydrogen-bond acceptors (Lipinski definition) is 6. The molecule has 9 nitrogen and oxygen atoms in total. The van der Waals surface area contributed by atoms with E-state index in [1.807, 2.05) is 36.4 Å². The zero-order valence-electron chi connectivity index (χ0n) is 29.6. The number of alkyl halides is 2. The normalized spacial score (nSPS) is 16.8. The molecule has 0 bridgehead atoms. The lowest BCUT2D eigenvalue weighted by atomic mass is 9.96. The van der Waals surface area contributed by atoms with Gasteiger partial charge in [0.2, 0.25) is 15.9 Å². The molecule has 2 amide bonds. The van der Waals surface area contributed by atoms with Crippen molar-refractivity contribution in [3.05, 3.63) is 96.6 Å². The van der Waals surface area contributed by atoms with Gasteiger partial charge in [0, 0.05) is 24.7 Å². The highest BCUT2D eigenvalue weighted by Crippen LogP contribution is 2.36. The Balaban J connectivity index is 1.25. The number of alkyl carbamates (subject to hydrolysis) is 1. The molecule has 1 unspecified atom stereocenters. The third-order valence-electron chi connectivity index (χ3n) is 9.49. The molecular formula is C40H45F2N3O6S. The Hall–Kier alpha value is -4.55. The number of ether oxygens (including phenoxy) is 2. The summed E-state index contributed by atoms with van der Waals surface area (Å²) in [6.07, 6.45) is 4.32. The van der Waals surface area contributed by atoms with Crippen LogP contribution in [0.15, 0.2) is 95.9 Å². The Morgan fingerprint density at radius 1 is 0.808 bits per heavy atom. The van der Waals surface area contributed by atoms with Crippen LogP contribution >= 0.6 is 0 Å². The highest BCUT2D eigenvalue weighted by Gasteiger charge is 2.50. The molecule has 1 aliphatic carbocycles. The number of fused-ring (bicyclic) bond motifs is 1.